The zero-order valence-corrected chi connectivity index (χ0v) is 12.7. The van der Waals surface area contributed by atoms with E-state index < -0.39 is 0 Å². The number of benzene rings is 1. The maximum Gasteiger partial charge on any atom is 0.130 e. The fraction of sp³-hybridized carbons (Fsp3) is 0.125. The molecule has 0 aliphatic carbocycles. The second-order valence-corrected chi connectivity index (χ2v) is 5.78. The Bertz CT molecular complexity index is 798. The van der Waals surface area contributed by atoms with E-state index in [1.54, 1.807) is 23.5 Å². The van der Waals surface area contributed by atoms with Crippen molar-refractivity contribution in [1.29, 1.82) is 0 Å². The van der Waals surface area contributed by atoms with E-state index in [9.17, 15) is 0 Å². The first-order chi connectivity index (χ1) is 10.8. The Hall–Kier alpha value is -2.44. The van der Waals surface area contributed by atoms with E-state index in [0.717, 1.165) is 16.4 Å². The molecule has 0 saturated carbocycles. The van der Waals surface area contributed by atoms with Crippen LogP contribution in [0.3, 0.4) is 0 Å². The molecule has 0 aliphatic rings. The maximum atomic E-state index is 8.69. The van der Waals surface area contributed by atoms with Crippen LogP contribution in [0.5, 0.6) is 0 Å². The second kappa shape index (κ2) is 6.55. The van der Waals surface area contributed by atoms with Crippen molar-refractivity contribution in [3.05, 3.63) is 48.4 Å². The van der Waals surface area contributed by atoms with Crippen molar-refractivity contribution < 1.29 is 5.11 Å². The molecule has 6 heteroatoms. The number of aromatic nitrogens is 2. The molecule has 0 unspecified atom stereocenters. The van der Waals surface area contributed by atoms with Crippen LogP contribution in [0.25, 0.3) is 26.7 Å². The van der Waals surface area contributed by atoms with Gasteiger partial charge in [-0.3, -0.25) is 4.99 Å². The molecule has 112 valence electrons. The molecule has 3 aromatic rings. The molecule has 1 aromatic carbocycles. The number of amidine groups is 1. The number of H-pyrrole nitrogens is 1. The minimum absolute atomic E-state index is 0.00855. The minimum Gasteiger partial charge on any atom is -0.394 e. The molecule has 0 radical (unpaired) electrons. The van der Waals surface area contributed by atoms with Crippen LogP contribution in [0.2, 0.25) is 0 Å². The quantitative estimate of drug-likeness (QED) is 0.500. The molecule has 0 spiro atoms. The summed E-state index contributed by atoms with van der Waals surface area (Å²) >= 11 is 1.73. The molecule has 0 saturated heterocycles. The zero-order chi connectivity index (χ0) is 15.4. The highest BCUT2D eigenvalue weighted by Gasteiger charge is 2.06. The molecule has 0 amide bonds. The molecule has 2 heterocycles. The van der Waals surface area contributed by atoms with Gasteiger partial charge in [0.15, 0.2) is 0 Å². The number of aromatic amines is 1. The number of imidazole rings is 1. The van der Waals surface area contributed by atoms with Gasteiger partial charge in [0.2, 0.25) is 0 Å². The van der Waals surface area contributed by atoms with E-state index in [0.29, 0.717) is 12.4 Å². The van der Waals surface area contributed by atoms with E-state index in [2.05, 4.69) is 33.2 Å². The van der Waals surface area contributed by atoms with Crippen LogP contribution in [0, 0.1) is 0 Å². The van der Waals surface area contributed by atoms with Gasteiger partial charge in [-0.1, -0.05) is 18.2 Å². The minimum atomic E-state index is -0.00855. The molecule has 22 heavy (non-hydrogen) atoms. The molecule has 5 nitrogen and oxygen atoms in total. The number of aliphatic hydroxyl groups is 1. The standard InChI is InChI=1S/C16H16N4OS/c17-15(18-7-8-21)5-6-16-19-10-12(20-16)14-9-11-3-1-2-4-13(11)22-14/h1-6,9-10,21H,7-8H2,(H2,17,18)(H,19,20)/b6-5-. The second-order valence-electron chi connectivity index (χ2n) is 4.69. The fourth-order valence-corrected chi connectivity index (χ4v) is 3.09. The van der Waals surface area contributed by atoms with E-state index in [1.165, 1.54) is 10.1 Å². The molecule has 0 atom stereocenters. The number of hydrogen-bond donors (Lipinski definition) is 3. The summed E-state index contributed by atoms with van der Waals surface area (Å²) in [4.78, 5) is 12.7. The Morgan fingerprint density at radius 2 is 2.27 bits per heavy atom. The van der Waals surface area contributed by atoms with Crippen LogP contribution in [0.1, 0.15) is 5.82 Å². The van der Waals surface area contributed by atoms with Crippen molar-refractivity contribution in [2.24, 2.45) is 10.7 Å². The van der Waals surface area contributed by atoms with Crippen LogP contribution in [-0.2, 0) is 0 Å². The first-order valence-electron chi connectivity index (χ1n) is 6.89. The highest BCUT2D eigenvalue weighted by atomic mass is 32.1. The summed E-state index contributed by atoms with van der Waals surface area (Å²) in [6.45, 7) is 0.298. The van der Waals surface area contributed by atoms with Crippen molar-refractivity contribution in [3.8, 4) is 10.6 Å². The van der Waals surface area contributed by atoms with E-state index in [1.807, 2.05) is 18.3 Å². The lowest BCUT2D eigenvalue weighted by Gasteiger charge is -1.91. The highest BCUT2D eigenvalue weighted by molar-refractivity contribution is 7.22. The Kier molecular flexibility index (Phi) is 4.32. The largest absolute Gasteiger partial charge is 0.394 e. The number of aliphatic hydroxyl groups excluding tert-OH is 1. The van der Waals surface area contributed by atoms with Crippen LogP contribution in [0.4, 0.5) is 0 Å². The summed E-state index contributed by atoms with van der Waals surface area (Å²) in [5, 5.41) is 9.92. The summed E-state index contributed by atoms with van der Waals surface area (Å²) in [5.41, 5.74) is 6.67. The SMILES string of the molecule is NC(/C=C\c1ncc(-c2cc3ccccc3s2)[nH]1)=NCCO. The normalized spacial score (nSPS) is 12.5. The van der Waals surface area contributed by atoms with Gasteiger partial charge in [-0.05, 0) is 29.7 Å². The number of rotatable bonds is 5. The Balaban J connectivity index is 1.80. The van der Waals surface area contributed by atoms with Crippen molar-refractivity contribution in [2.75, 3.05) is 13.2 Å². The third kappa shape index (κ3) is 3.24. The van der Waals surface area contributed by atoms with Crippen molar-refractivity contribution in [3.63, 3.8) is 0 Å². The van der Waals surface area contributed by atoms with Crippen molar-refractivity contribution in [1.82, 2.24) is 9.97 Å². The molecular formula is C16H16N4OS. The number of nitrogens with zero attached hydrogens (tertiary/aromatic N) is 2. The Morgan fingerprint density at radius 3 is 3.09 bits per heavy atom. The highest BCUT2D eigenvalue weighted by Crippen LogP contribution is 2.32. The van der Waals surface area contributed by atoms with Gasteiger partial charge in [0.05, 0.1) is 29.9 Å². The zero-order valence-electron chi connectivity index (χ0n) is 11.9. The van der Waals surface area contributed by atoms with Gasteiger partial charge in [0.25, 0.3) is 0 Å². The third-order valence-corrected chi connectivity index (χ3v) is 4.24. The summed E-state index contributed by atoms with van der Waals surface area (Å²) in [7, 11) is 0. The number of nitrogens with one attached hydrogen (secondary N) is 1. The number of aliphatic imine (C=N–C) groups is 1. The van der Waals surface area contributed by atoms with Gasteiger partial charge in [-0.25, -0.2) is 4.98 Å². The van der Waals surface area contributed by atoms with Crippen LogP contribution >= 0.6 is 11.3 Å². The first kappa shape index (κ1) is 14.5. The maximum absolute atomic E-state index is 8.69. The van der Waals surface area contributed by atoms with Crippen molar-refractivity contribution >= 4 is 33.3 Å². The van der Waals surface area contributed by atoms with Crippen LogP contribution in [0.15, 0.2) is 47.6 Å². The smallest absolute Gasteiger partial charge is 0.130 e. The van der Waals surface area contributed by atoms with E-state index >= 15 is 0 Å². The lowest BCUT2D eigenvalue weighted by molar-refractivity contribution is 0.307. The van der Waals surface area contributed by atoms with E-state index in [-0.39, 0.29) is 6.61 Å². The lowest BCUT2D eigenvalue weighted by atomic mass is 10.2. The van der Waals surface area contributed by atoms with Crippen LogP contribution < -0.4 is 5.73 Å². The number of fused-ring (bicyclic) bond motifs is 1. The van der Waals surface area contributed by atoms with Gasteiger partial charge in [0.1, 0.15) is 11.7 Å². The summed E-state index contributed by atoms with van der Waals surface area (Å²) < 4.78 is 1.25. The monoisotopic (exact) mass is 312 g/mol. The summed E-state index contributed by atoms with van der Waals surface area (Å²) in [5.74, 6) is 1.09. The summed E-state index contributed by atoms with van der Waals surface area (Å²) in [6, 6.07) is 10.4. The molecular weight excluding hydrogens is 296 g/mol. The van der Waals surface area contributed by atoms with Gasteiger partial charge in [0, 0.05) is 4.70 Å². The van der Waals surface area contributed by atoms with Crippen molar-refractivity contribution in [2.45, 2.75) is 0 Å². The van der Waals surface area contributed by atoms with Gasteiger partial charge in [-0.15, -0.1) is 11.3 Å². The summed E-state index contributed by atoms with van der Waals surface area (Å²) in [6.07, 6.45) is 5.25. The number of thiophene rings is 1. The topological polar surface area (TPSA) is 87.3 Å². The predicted molar refractivity (Wildman–Crippen MR) is 92.0 cm³/mol. The molecule has 4 N–H and O–H groups in total. The van der Waals surface area contributed by atoms with Crippen LogP contribution in [-0.4, -0.2) is 34.1 Å². The molecule has 0 aliphatic heterocycles. The molecule has 2 aromatic heterocycles. The Labute approximate surface area is 131 Å². The number of nitrogens with two attached hydrogens (primary N) is 1. The molecule has 0 bridgehead atoms. The first-order valence-corrected chi connectivity index (χ1v) is 7.71. The van der Waals surface area contributed by atoms with Gasteiger partial charge >= 0.3 is 0 Å². The molecule has 0 fully saturated rings. The lowest BCUT2D eigenvalue weighted by Crippen LogP contribution is -2.09. The van der Waals surface area contributed by atoms with E-state index in [4.69, 9.17) is 10.8 Å². The average molecular weight is 312 g/mol. The van der Waals surface area contributed by atoms with Gasteiger partial charge < -0.3 is 15.8 Å². The Morgan fingerprint density at radius 1 is 1.41 bits per heavy atom. The average Bonchev–Trinajstić information content (AvgIpc) is 3.16. The molecule has 3 rings (SSSR count). The third-order valence-electron chi connectivity index (χ3n) is 3.09. The fourth-order valence-electron chi connectivity index (χ4n) is 2.06. The van der Waals surface area contributed by atoms with Gasteiger partial charge in [-0.2, -0.15) is 0 Å². The predicted octanol–water partition coefficient (Wildman–Crippen LogP) is 2.65. The number of hydrogen-bond acceptors (Lipinski definition) is 4.